The summed E-state index contributed by atoms with van der Waals surface area (Å²) in [5.74, 6) is -0.833. The van der Waals surface area contributed by atoms with Crippen LogP contribution in [0.1, 0.15) is 13.8 Å². The lowest BCUT2D eigenvalue weighted by atomic mass is 10.4. The predicted octanol–water partition coefficient (Wildman–Crippen LogP) is -0.583. The maximum absolute atomic E-state index is 9.00. The summed E-state index contributed by atoms with van der Waals surface area (Å²) in [5.41, 5.74) is 5.04. The van der Waals surface area contributed by atoms with Crippen LogP contribution in [0.4, 0.5) is 0 Å². The highest BCUT2D eigenvalue weighted by molar-refractivity contribution is 5.62. The molecule has 1 unspecified atom stereocenters. The lowest BCUT2D eigenvalue weighted by Gasteiger charge is -1.91. The fourth-order valence-corrected chi connectivity index (χ4v) is 0. The molecule has 0 aliphatic rings. The number of aliphatic hydroxyl groups is 1. The first-order valence-electron chi connectivity index (χ1n) is 2.56. The van der Waals surface area contributed by atoms with E-state index < -0.39 is 5.97 Å². The molecule has 0 spiro atoms. The van der Waals surface area contributed by atoms with Crippen molar-refractivity contribution in [2.24, 2.45) is 5.73 Å². The average molecular weight is 135 g/mol. The van der Waals surface area contributed by atoms with Gasteiger partial charge in [0, 0.05) is 13.0 Å². The van der Waals surface area contributed by atoms with E-state index in [4.69, 9.17) is 20.7 Å². The molecule has 0 saturated heterocycles. The van der Waals surface area contributed by atoms with Crippen LogP contribution in [0.15, 0.2) is 0 Å². The van der Waals surface area contributed by atoms with Crippen LogP contribution < -0.4 is 5.73 Å². The van der Waals surface area contributed by atoms with E-state index in [0.29, 0.717) is 0 Å². The third-order valence-electron chi connectivity index (χ3n) is 0.288. The molecule has 0 aromatic carbocycles. The minimum atomic E-state index is -0.833. The molecule has 4 nitrogen and oxygen atoms in total. The summed E-state index contributed by atoms with van der Waals surface area (Å²) in [7, 11) is 0. The van der Waals surface area contributed by atoms with Crippen LogP contribution in [0.5, 0.6) is 0 Å². The number of carbonyl (C=O) groups is 1. The predicted molar refractivity (Wildman–Crippen MR) is 34.0 cm³/mol. The van der Waals surface area contributed by atoms with E-state index in [9.17, 15) is 0 Å². The Kier molecular flexibility index (Phi) is 9.21. The number of aliphatic hydroxyl groups excluding tert-OH is 1. The van der Waals surface area contributed by atoms with Gasteiger partial charge in [-0.15, -0.1) is 0 Å². The molecule has 9 heavy (non-hydrogen) atoms. The smallest absolute Gasteiger partial charge is 0.300 e. The number of carboxylic acid groups (broad SMARTS) is 1. The molecule has 0 aliphatic heterocycles. The summed E-state index contributed by atoms with van der Waals surface area (Å²) < 4.78 is 0. The molecule has 1 atom stereocenters. The molecule has 0 amide bonds. The maximum Gasteiger partial charge on any atom is 0.300 e. The number of carboxylic acids is 1. The van der Waals surface area contributed by atoms with Gasteiger partial charge in [-0.2, -0.15) is 0 Å². The Morgan fingerprint density at radius 2 is 1.89 bits per heavy atom. The van der Waals surface area contributed by atoms with Gasteiger partial charge in [0.15, 0.2) is 0 Å². The topological polar surface area (TPSA) is 83.5 Å². The van der Waals surface area contributed by atoms with Crippen molar-refractivity contribution in [1.29, 1.82) is 0 Å². The van der Waals surface area contributed by atoms with Gasteiger partial charge >= 0.3 is 0 Å². The molecule has 0 aromatic rings. The quantitative estimate of drug-likeness (QED) is 0.449. The highest BCUT2D eigenvalue weighted by atomic mass is 16.4. The molecule has 0 bridgehead atoms. The highest BCUT2D eigenvalue weighted by Gasteiger charge is 1.81. The van der Waals surface area contributed by atoms with Gasteiger partial charge in [-0.05, 0) is 6.92 Å². The van der Waals surface area contributed by atoms with Crippen molar-refractivity contribution in [1.82, 2.24) is 0 Å². The third kappa shape index (κ3) is 111. The van der Waals surface area contributed by atoms with Crippen LogP contribution in [0.2, 0.25) is 0 Å². The zero-order chi connectivity index (χ0) is 7.86. The number of hydrogen-bond acceptors (Lipinski definition) is 3. The summed E-state index contributed by atoms with van der Waals surface area (Å²) in [6.45, 7) is 2.92. The van der Waals surface area contributed by atoms with Crippen molar-refractivity contribution in [3.63, 3.8) is 0 Å². The van der Waals surface area contributed by atoms with Crippen molar-refractivity contribution in [3.8, 4) is 0 Å². The lowest BCUT2D eigenvalue weighted by molar-refractivity contribution is -0.134. The van der Waals surface area contributed by atoms with Gasteiger partial charge in [-0.3, -0.25) is 4.79 Å². The van der Waals surface area contributed by atoms with Crippen molar-refractivity contribution >= 4 is 5.97 Å². The Bertz CT molecular complexity index is 68.6. The van der Waals surface area contributed by atoms with Crippen molar-refractivity contribution in [2.45, 2.75) is 19.9 Å². The Hall–Kier alpha value is -0.610. The van der Waals surface area contributed by atoms with E-state index in [1.165, 1.54) is 0 Å². The fraction of sp³-hybridized carbons (Fsp3) is 0.800. The van der Waals surface area contributed by atoms with E-state index >= 15 is 0 Å². The van der Waals surface area contributed by atoms with Gasteiger partial charge in [0.1, 0.15) is 0 Å². The van der Waals surface area contributed by atoms with Gasteiger partial charge in [0.25, 0.3) is 5.97 Å². The molecule has 0 aromatic heterocycles. The van der Waals surface area contributed by atoms with Gasteiger partial charge < -0.3 is 15.9 Å². The van der Waals surface area contributed by atoms with Crippen LogP contribution in [0, 0.1) is 0 Å². The van der Waals surface area contributed by atoms with E-state index in [1.54, 1.807) is 6.92 Å². The summed E-state index contributed by atoms with van der Waals surface area (Å²) >= 11 is 0. The molecule has 0 heterocycles. The molecule has 0 aliphatic carbocycles. The van der Waals surface area contributed by atoms with E-state index in [1.807, 2.05) is 0 Å². The van der Waals surface area contributed by atoms with E-state index in [-0.39, 0.29) is 12.6 Å². The summed E-state index contributed by atoms with van der Waals surface area (Å²) in [4.78, 5) is 9.00. The Labute approximate surface area is 54.3 Å². The molecule has 56 valence electrons. The molecule has 0 fully saturated rings. The molecule has 0 saturated carbocycles. The summed E-state index contributed by atoms with van der Waals surface area (Å²) in [6.07, 6.45) is 0. The van der Waals surface area contributed by atoms with Gasteiger partial charge in [0.05, 0.1) is 6.61 Å². The lowest BCUT2D eigenvalue weighted by Crippen LogP contribution is -2.18. The first-order valence-corrected chi connectivity index (χ1v) is 2.56. The molecular weight excluding hydrogens is 122 g/mol. The third-order valence-corrected chi connectivity index (χ3v) is 0.288. The van der Waals surface area contributed by atoms with Crippen LogP contribution in [-0.2, 0) is 4.79 Å². The number of rotatable bonds is 1. The standard InChI is InChI=1S/C3H9NO.C2H4O2/c1-3(4)2-5;1-2(3)4/h3,5H,2,4H2,1H3;1H3,(H,3,4). The second-order valence-corrected chi connectivity index (χ2v) is 1.68. The largest absolute Gasteiger partial charge is 0.481 e. The molecular formula is C5H13NO3. The molecule has 0 radical (unpaired) electrons. The van der Waals surface area contributed by atoms with Gasteiger partial charge in [0.2, 0.25) is 0 Å². The first-order chi connectivity index (χ1) is 4.00. The second-order valence-electron chi connectivity index (χ2n) is 1.68. The zero-order valence-corrected chi connectivity index (χ0v) is 5.66. The van der Waals surface area contributed by atoms with Crippen LogP contribution in [-0.4, -0.2) is 28.8 Å². The number of aliphatic carboxylic acids is 1. The maximum atomic E-state index is 9.00. The summed E-state index contributed by atoms with van der Waals surface area (Å²) in [6, 6.07) is -0.0602. The van der Waals surface area contributed by atoms with Crippen molar-refractivity contribution in [2.75, 3.05) is 6.61 Å². The monoisotopic (exact) mass is 135 g/mol. The Morgan fingerprint density at radius 3 is 1.89 bits per heavy atom. The minimum absolute atomic E-state index is 0.0602. The highest BCUT2D eigenvalue weighted by Crippen LogP contribution is 1.62. The Morgan fingerprint density at radius 1 is 1.78 bits per heavy atom. The SMILES string of the molecule is CC(=O)O.CC(N)CO. The van der Waals surface area contributed by atoms with Crippen LogP contribution in [0.25, 0.3) is 0 Å². The Balaban J connectivity index is 0. The molecule has 0 rings (SSSR count). The normalized spacial score (nSPS) is 11.1. The second kappa shape index (κ2) is 7.39. The molecule has 4 N–H and O–H groups in total. The van der Waals surface area contributed by atoms with Crippen LogP contribution >= 0.6 is 0 Å². The van der Waals surface area contributed by atoms with Crippen molar-refractivity contribution in [3.05, 3.63) is 0 Å². The van der Waals surface area contributed by atoms with E-state index in [0.717, 1.165) is 6.92 Å². The average Bonchev–Trinajstić information content (AvgIpc) is 1.65. The van der Waals surface area contributed by atoms with E-state index in [2.05, 4.69) is 0 Å². The van der Waals surface area contributed by atoms with Gasteiger partial charge in [-0.25, -0.2) is 0 Å². The first kappa shape index (κ1) is 11.2. The fourth-order valence-electron chi connectivity index (χ4n) is 0. The summed E-state index contributed by atoms with van der Waals surface area (Å²) in [5, 5.41) is 15.4. The minimum Gasteiger partial charge on any atom is -0.481 e. The van der Waals surface area contributed by atoms with Crippen LogP contribution in [0.3, 0.4) is 0 Å². The zero-order valence-electron chi connectivity index (χ0n) is 5.66. The molecule has 4 heteroatoms. The number of hydrogen-bond donors (Lipinski definition) is 3. The van der Waals surface area contributed by atoms with Gasteiger partial charge in [-0.1, -0.05) is 0 Å². The number of nitrogens with two attached hydrogens (primary N) is 1. The van der Waals surface area contributed by atoms with Crippen molar-refractivity contribution < 1.29 is 15.0 Å².